The molecule has 21 heavy (non-hydrogen) atoms. The zero-order valence-corrected chi connectivity index (χ0v) is 14.3. The molecule has 0 fully saturated rings. The first kappa shape index (κ1) is 14.5. The summed E-state index contributed by atoms with van der Waals surface area (Å²) in [5.74, 6) is 0.535. The second-order valence-corrected chi connectivity index (χ2v) is 7.42. The minimum atomic E-state index is 0.449. The number of anilines is 2. The van der Waals surface area contributed by atoms with Crippen LogP contribution in [0.5, 0.6) is 0 Å². The van der Waals surface area contributed by atoms with Crippen LogP contribution in [0.2, 0.25) is 0 Å². The van der Waals surface area contributed by atoms with Crippen molar-refractivity contribution in [3.8, 4) is 0 Å². The first-order chi connectivity index (χ1) is 10.0. The molecule has 0 unspecified atom stereocenters. The Balaban J connectivity index is 2.29. The molecular weight excluding hydrogens is 274 g/mol. The van der Waals surface area contributed by atoms with Crippen molar-refractivity contribution in [3.05, 3.63) is 47.5 Å². The minimum absolute atomic E-state index is 0.449. The van der Waals surface area contributed by atoms with Crippen molar-refractivity contribution in [1.82, 2.24) is 0 Å². The number of benzene rings is 2. The van der Waals surface area contributed by atoms with Crippen molar-refractivity contribution in [1.29, 1.82) is 0 Å². The van der Waals surface area contributed by atoms with Crippen LogP contribution in [0.25, 0.3) is 0 Å². The molecule has 2 aromatic rings. The summed E-state index contributed by atoms with van der Waals surface area (Å²) >= 11 is 1.91. The van der Waals surface area contributed by atoms with Crippen LogP contribution in [-0.4, -0.2) is 6.04 Å². The molecule has 3 rings (SSSR count). The highest BCUT2D eigenvalue weighted by Gasteiger charge is 2.29. The van der Waals surface area contributed by atoms with Crippen molar-refractivity contribution in [3.63, 3.8) is 0 Å². The summed E-state index contributed by atoms with van der Waals surface area (Å²) in [6.07, 6.45) is 0. The van der Waals surface area contributed by atoms with E-state index in [4.69, 9.17) is 0 Å². The van der Waals surface area contributed by atoms with Gasteiger partial charge in [0, 0.05) is 15.8 Å². The van der Waals surface area contributed by atoms with Gasteiger partial charge in [0.15, 0.2) is 0 Å². The molecule has 0 aliphatic carbocycles. The van der Waals surface area contributed by atoms with Crippen LogP contribution in [0.4, 0.5) is 11.4 Å². The fourth-order valence-electron chi connectivity index (χ4n) is 3.12. The number of rotatable bonds is 2. The van der Waals surface area contributed by atoms with Gasteiger partial charge in [0.1, 0.15) is 0 Å². The van der Waals surface area contributed by atoms with Crippen LogP contribution in [0.3, 0.4) is 0 Å². The normalized spacial score (nSPS) is 13.6. The van der Waals surface area contributed by atoms with E-state index in [1.54, 1.807) is 0 Å². The van der Waals surface area contributed by atoms with E-state index in [0.29, 0.717) is 12.0 Å². The Hall–Kier alpha value is -1.41. The van der Waals surface area contributed by atoms with Gasteiger partial charge in [-0.1, -0.05) is 49.9 Å². The largest absolute Gasteiger partial charge is 0.337 e. The fraction of sp³-hybridized carbons (Fsp3) is 0.368. The summed E-state index contributed by atoms with van der Waals surface area (Å²) in [7, 11) is 0. The molecule has 1 aliphatic heterocycles. The molecule has 2 heteroatoms. The maximum Gasteiger partial charge on any atom is 0.0590 e. The third-order valence-corrected chi connectivity index (χ3v) is 5.17. The zero-order valence-electron chi connectivity index (χ0n) is 13.5. The Bertz CT molecular complexity index is 673. The summed E-state index contributed by atoms with van der Waals surface area (Å²) in [6.45, 7) is 11.4. The standard InChI is InChI=1S/C19H23NS/c1-12(2)15-9-7-11-17-19(15)20(13(3)4)18-14(5)8-6-10-16(18)21-17/h6-13H,1-5H3. The van der Waals surface area contributed by atoms with E-state index in [9.17, 15) is 0 Å². The molecule has 1 aliphatic rings. The maximum atomic E-state index is 2.53. The highest BCUT2D eigenvalue weighted by atomic mass is 32.2. The smallest absolute Gasteiger partial charge is 0.0590 e. The Morgan fingerprint density at radius 3 is 2.10 bits per heavy atom. The van der Waals surface area contributed by atoms with E-state index in [1.165, 1.54) is 32.3 Å². The Morgan fingerprint density at radius 1 is 0.857 bits per heavy atom. The van der Waals surface area contributed by atoms with Gasteiger partial charge in [-0.3, -0.25) is 0 Å². The van der Waals surface area contributed by atoms with Crippen molar-refractivity contribution in [2.24, 2.45) is 0 Å². The monoisotopic (exact) mass is 297 g/mol. The molecule has 0 N–H and O–H groups in total. The van der Waals surface area contributed by atoms with Gasteiger partial charge in [-0.25, -0.2) is 0 Å². The third-order valence-electron chi connectivity index (χ3n) is 4.07. The number of nitrogens with zero attached hydrogens (tertiary/aromatic N) is 1. The predicted octanol–water partition coefficient (Wildman–Crippen LogP) is 6.13. The van der Waals surface area contributed by atoms with E-state index in [2.05, 4.69) is 75.9 Å². The van der Waals surface area contributed by atoms with Crippen molar-refractivity contribution < 1.29 is 0 Å². The van der Waals surface area contributed by atoms with Gasteiger partial charge in [-0.05, 0) is 49.9 Å². The van der Waals surface area contributed by atoms with Crippen molar-refractivity contribution in [2.45, 2.75) is 56.4 Å². The van der Waals surface area contributed by atoms with Gasteiger partial charge in [0.2, 0.25) is 0 Å². The number of hydrogen-bond acceptors (Lipinski definition) is 2. The van der Waals surface area contributed by atoms with Crippen LogP contribution in [-0.2, 0) is 0 Å². The molecule has 0 saturated carbocycles. The summed E-state index contributed by atoms with van der Waals surface area (Å²) < 4.78 is 0. The summed E-state index contributed by atoms with van der Waals surface area (Å²) in [4.78, 5) is 5.29. The zero-order chi connectivity index (χ0) is 15.1. The molecule has 0 amide bonds. The van der Waals surface area contributed by atoms with Crippen LogP contribution >= 0.6 is 11.8 Å². The van der Waals surface area contributed by atoms with E-state index < -0.39 is 0 Å². The molecule has 0 saturated heterocycles. The lowest BCUT2D eigenvalue weighted by Crippen LogP contribution is -2.30. The molecule has 1 heterocycles. The van der Waals surface area contributed by atoms with Crippen LogP contribution in [0.15, 0.2) is 46.2 Å². The van der Waals surface area contributed by atoms with Gasteiger partial charge in [0.25, 0.3) is 0 Å². The molecule has 0 radical (unpaired) electrons. The quantitative estimate of drug-likeness (QED) is 0.656. The van der Waals surface area contributed by atoms with Crippen LogP contribution in [0.1, 0.15) is 44.7 Å². The van der Waals surface area contributed by atoms with Crippen molar-refractivity contribution in [2.75, 3.05) is 4.90 Å². The number of hydrogen-bond donors (Lipinski definition) is 0. The lowest BCUT2D eigenvalue weighted by atomic mass is 9.98. The molecule has 0 aromatic heterocycles. The SMILES string of the molecule is Cc1cccc2c1N(C(C)C)c1c(cccc1C(C)C)S2. The van der Waals surface area contributed by atoms with Crippen molar-refractivity contribution >= 4 is 23.1 Å². The third kappa shape index (κ3) is 2.36. The molecule has 0 spiro atoms. The fourth-order valence-corrected chi connectivity index (χ4v) is 4.31. The second-order valence-electron chi connectivity index (χ2n) is 6.34. The Morgan fingerprint density at radius 2 is 1.48 bits per heavy atom. The number of para-hydroxylation sites is 2. The van der Waals surface area contributed by atoms with Gasteiger partial charge in [-0.2, -0.15) is 0 Å². The summed E-state index contributed by atoms with van der Waals surface area (Å²) in [5.41, 5.74) is 5.60. The lowest BCUT2D eigenvalue weighted by molar-refractivity contribution is 0.752. The lowest BCUT2D eigenvalue weighted by Gasteiger charge is -2.39. The molecule has 0 atom stereocenters. The van der Waals surface area contributed by atoms with E-state index in [1.807, 2.05) is 11.8 Å². The van der Waals surface area contributed by atoms with Gasteiger partial charge in [-0.15, -0.1) is 0 Å². The Labute approximate surface area is 132 Å². The van der Waals surface area contributed by atoms with E-state index >= 15 is 0 Å². The molecule has 2 aromatic carbocycles. The van der Waals surface area contributed by atoms with Gasteiger partial charge in [0.05, 0.1) is 11.4 Å². The molecule has 110 valence electrons. The van der Waals surface area contributed by atoms with Gasteiger partial charge < -0.3 is 4.90 Å². The second kappa shape index (κ2) is 5.42. The number of fused-ring (bicyclic) bond motifs is 2. The Kier molecular flexibility index (Phi) is 3.75. The average molecular weight is 297 g/mol. The first-order valence-electron chi connectivity index (χ1n) is 7.70. The molecule has 0 bridgehead atoms. The minimum Gasteiger partial charge on any atom is -0.337 e. The highest BCUT2D eigenvalue weighted by molar-refractivity contribution is 7.99. The van der Waals surface area contributed by atoms with E-state index in [-0.39, 0.29) is 0 Å². The summed E-state index contributed by atoms with van der Waals surface area (Å²) in [5, 5.41) is 0. The molecular formula is C19H23NS. The average Bonchev–Trinajstić information content (AvgIpc) is 2.44. The maximum absolute atomic E-state index is 2.53. The topological polar surface area (TPSA) is 3.24 Å². The predicted molar refractivity (Wildman–Crippen MR) is 93.1 cm³/mol. The van der Waals surface area contributed by atoms with Gasteiger partial charge >= 0.3 is 0 Å². The van der Waals surface area contributed by atoms with Crippen LogP contribution < -0.4 is 4.90 Å². The van der Waals surface area contributed by atoms with Crippen LogP contribution in [0, 0.1) is 6.92 Å². The highest BCUT2D eigenvalue weighted by Crippen LogP contribution is 2.52. The first-order valence-corrected chi connectivity index (χ1v) is 8.52. The summed E-state index contributed by atoms with van der Waals surface area (Å²) in [6, 6.07) is 13.8. The molecule has 1 nitrogen and oxygen atoms in total. The van der Waals surface area contributed by atoms with E-state index in [0.717, 1.165) is 0 Å². The number of aryl methyl sites for hydroxylation is 1.